The molecule has 0 aliphatic carbocycles. The van der Waals surface area contributed by atoms with Gasteiger partial charge in [0.25, 0.3) is 0 Å². The summed E-state index contributed by atoms with van der Waals surface area (Å²) in [5.74, 6) is 6.27. The molecule has 14 heavy (non-hydrogen) atoms. The minimum Gasteiger partial charge on any atom is -0.334 e. The molecule has 5 nitrogen and oxygen atoms in total. The topological polar surface area (TPSA) is 73.8 Å². The van der Waals surface area contributed by atoms with Crippen LogP contribution in [-0.2, 0) is 6.42 Å². The molecule has 2 heterocycles. The Morgan fingerprint density at radius 3 is 2.86 bits per heavy atom. The summed E-state index contributed by atoms with van der Waals surface area (Å²) in [6.07, 6.45) is 0.737. The fraction of sp³-hybridized carbons (Fsp3) is 0.375. The lowest BCUT2D eigenvalue weighted by molar-refractivity contribution is 0.910. The van der Waals surface area contributed by atoms with Gasteiger partial charge in [-0.25, -0.2) is 9.97 Å². The SMILES string of the molecule is CCc1nc(C)c2sc(=O)n(N)c2n1. The summed E-state index contributed by atoms with van der Waals surface area (Å²) in [5, 5.41) is 0. The van der Waals surface area contributed by atoms with Gasteiger partial charge in [0, 0.05) is 6.42 Å². The molecule has 0 aliphatic rings. The summed E-state index contributed by atoms with van der Waals surface area (Å²) in [6.45, 7) is 3.82. The van der Waals surface area contributed by atoms with Crippen molar-refractivity contribution in [3.05, 3.63) is 21.2 Å². The molecule has 2 N–H and O–H groups in total. The van der Waals surface area contributed by atoms with Crippen molar-refractivity contribution in [2.75, 3.05) is 5.84 Å². The van der Waals surface area contributed by atoms with Crippen molar-refractivity contribution < 1.29 is 0 Å². The van der Waals surface area contributed by atoms with Crippen molar-refractivity contribution in [2.45, 2.75) is 20.3 Å². The van der Waals surface area contributed by atoms with Crippen molar-refractivity contribution in [3.63, 3.8) is 0 Å². The first-order chi connectivity index (χ1) is 6.63. The highest BCUT2D eigenvalue weighted by Gasteiger charge is 2.10. The largest absolute Gasteiger partial charge is 0.334 e. The number of hydrogen-bond acceptors (Lipinski definition) is 5. The molecule has 0 radical (unpaired) electrons. The monoisotopic (exact) mass is 210 g/mol. The van der Waals surface area contributed by atoms with E-state index < -0.39 is 0 Å². The minimum atomic E-state index is -0.203. The van der Waals surface area contributed by atoms with Crippen LogP contribution in [0.3, 0.4) is 0 Å². The van der Waals surface area contributed by atoms with Crippen LogP contribution in [0.4, 0.5) is 0 Å². The lowest BCUT2D eigenvalue weighted by Crippen LogP contribution is -2.21. The van der Waals surface area contributed by atoms with Crippen molar-refractivity contribution in [3.8, 4) is 0 Å². The normalized spacial score (nSPS) is 11.0. The smallest absolute Gasteiger partial charge is 0.327 e. The third-order valence-electron chi connectivity index (χ3n) is 1.99. The lowest BCUT2D eigenvalue weighted by Gasteiger charge is -1.99. The molecular formula is C8H10N4OS. The maximum Gasteiger partial charge on any atom is 0.327 e. The first-order valence-corrected chi connectivity index (χ1v) is 5.09. The van der Waals surface area contributed by atoms with Crippen LogP contribution in [0.15, 0.2) is 4.79 Å². The van der Waals surface area contributed by atoms with Crippen molar-refractivity contribution in [2.24, 2.45) is 0 Å². The number of rotatable bonds is 1. The molecule has 74 valence electrons. The van der Waals surface area contributed by atoms with Crippen LogP contribution in [0.1, 0.15) is 18.4 Å². The maximum absolute atomic E-state index is 11.3. The van der Waals surface area contributed by atoms with Crippen LogP contribution >= 0.6 is 11.3 Å². The average molecular weight is 210 g/mol. The quantitative estimate of drug-likeness (QED) is 0.693. The molecule has 0 atom stereocenters. The molecule has 0 unspecified atom stereocenters. The Morgan fingerprint density at radius 2 is 2.21 bits per heavy atom. The highest BCUT2D eigenvalue weighted by molar-refractivity contribution is 7.16. The van der Waals surface area contributed by atoms with E-state index in [1.54, 1.807) is 0 Å². The fourth-order valence-corrected chi connectivity index (χ4v) is 2.06. The molecule has 0 bridgehead atoms. The molecule has 0 spiro atoms. The van der Waals surface area contributed by atoms with Gasteiger partial charge in [-0.15, -0.1) is 0 Å². The van der Waals surface area contributed by atoms with Crippen molar-refractivity contribution >= 4 is 21.7 Å². The average Bonchev–Trinajstić information content (AvgIpc) is 2.45. The number of thiazole rings is 1. The Morgan fingerprint density at radius 1 is 1.50 bits per heavy atom. The molecule has 2 rings (SSSR count). The van der Waals surface area contributed by atoms with Gasteiger partial charge in [-0.05, 0) is 6.92 Å². The van der Waals surface area contributed by atoms with Crippen molar-refractivity contribution in [1.29, 1.82) is 0 Å². The lowest BCUT2D eigenvalue weighted by atomic mass is 10.4. The van der Waals surface area contributed by atoms with Crippen LogP contribution in [0, 0.1) is 6.92 Å². The first kappa shape index (κ1) is 9.14. The summed E-state index contributed by atoms with van der Waals surface area (Å²) in [7, 11) is 0. The van der Waals surface area contributed by atoms with Gasteiger partial charge in [-0.2, -0.15) is 4.68 Å². The third kappa shape index (κ3) is 1.19. The summed E-state index contributed by atoms with van der Waals surface area (Å²) in [5.41, 5.74) is 1.35. The van der Waals surface area contributed by atoms with Crippen LogP contribution in [0.2, 0.25) is 0 Å². The summed E-state index contributed by atoms with van der Waals surface area (Å²) < 4.78 is 1.85. The van der Waals surface area contributed by atoms with E-state index in [2.05, 4.69) is 9.97 Å². The Kier molecular flexibility index (Phi) is 1.99. The minimum absolute atomic E-state index is 0.203. The van der Waals surface area contributed by atoms with Gasteiger partial charge in [-0.3, -0.25) is 4.79 Å². The number of aromatic nitrogens is 3. The molecule has 6 heteroatoms. The zero-order chi connectivity index (χ0) is 10.3. The van der Waals surface area contributed by atoms with Gasteiger partial charge in [-0.1, -0.05) is 18.3 Å². The second kappa shape index (κ2) is 3.06. The predicted molar refractivity (Wildman–Crippen MR) is 55.9 cm³/mol. The first-order valence-electron chi connectivity index (χ1n) is 4.27. The number of nitrogen functional groups attached to an aromatic ring is 1. The van der Waals surface area contributed by atoms with Gasteiger partial charge in [0.1, 0.15) is 5.82 Å². The Balaban J connectivity index is 2.90. The molecule has 0 fully saturated rings. The van der Waals surface area contributed by atoms with E-state index in [4.69, 9.17) is 5.84 Å². The van der Waals surface area contributed by atoms with Gasteiger partial charge in [0.2, 0.25) is 0 Å². The van der Waals surface area contributed by atoms with E-state index in [1.165, 1.54) is 0 Å². The molecular weight excluding hydrogens is 200 g/mol. The van der Waals surface area contributed by atoms with Gasteiger partial charge in [0.15, 0.2) is 5.65 Å². The van der Waals surface area contributed by atoms with Gasteiger partial charge >= 0.3 is 4.87 Å². The summed E-state index contributed by atoms with van der Waals surface area (Å²) >= 11 is 1.08. The number of nitrogens with two attached hydrogens (primary N) is 1. The number of fused-ring (bicyclic) bond motifs is 1. The van der Waals surface area contributed by atoms with Crippen LogP contribution in [0.25, 0.3) is 10.3 Å². The van der Waals surface area contributed by atoms with E-state index in [1.807, 2.05) is 13.8 Å². The molecule has 0 amide bonds. The summed E-state index contributed by atoms with van der Waals surface area (Å²) in [6, 6.07) is 0. The van der Waals surface area contributed by atoms with Crippen LogP contribution < -0.4 is 10.7 Å². The number of nitrogens with zero attached hydrogens (tertiary/aromatic N) is 3. The van der Waals surface area contributed by atoms with Crippen LogP contribution in [0.5, 0.6) is 0 Å². The van der Waals surface area contributed by atoms with Crippen LogP contribution in [-0.4, -0.2) is 14.6 Å². The molecule has 0 aromatic carbocycles. The predicted octanol–water partition coefficient (Wildman–Crippen LogP) is 0.438. The molecule has 2 aromatic heterocycles. The zero-order valence-corrected chi connectivity index (χ0v) is 8.76. The summed E-state index contributed by atoms with van der Waals surface area (Å²) in [4.78, 5) is 19.6. The van der Waals surface area contributed by atoms with E-state index in [9.17, 15) is 4.79 Å². The third-order valence-corrected chi connectivity index (χ3v) is 3.05. The standard InChI is InChI=1S/C8H10N4OS/c1-3-5-10-4(2)6-7(11-5)12(9)8(13)14-6/h3,9H2,1-2H3. The molecule has 0 saturated heterocycles. The zero-order valence-electron chi connectivity index (χ0n) is 7.94. The second-order valence-electron chi connectivity index (χ2n) is 2.97. The Bertz CT molecular complexity index is 542. The van der Waals surface area contributed by atoms with Gasteiger partial charge < -0.3 is 5.84 Å². The van der Waals surface area contributed by atoms with Gasteiger partial charge in [0.05, 0.1) is 10.4 Å². The highest BCUT2D eigenvalue weighted by Crippen LogP contribution is 2.16. The van der Waals surface area contributed by atoms with E-state index in [0.717, 1.165) is 32.8 Å². The van der Waals surface area contributed by atoms with E-state index in [-0.39, 0.29) is 4.87 Å². The Hall–Kier alpha value is -1.43. The molecule has 0 aliphatic heterocycles. The highest BCUT2D eigenvalue weighted by atomic mass is 32.1. The molecule has 2 aromatic rings. The Labute approximate surface area is 84.2 Å². The van der Waals surface area contributed by atoms with E-state index >= 15 is 0 Å². The van der Waals surface area contributed by atoms with Crippen molar-refractivity contribution in [1.82, 2.24) is 14.6 Å². The number of aryl methyl sites for hydroxylation is 2. The second-order valence-corrected chi connectivity index (χ2v) is 3.93. The maximum atomic E-state index is 11.3. The molecule has 0 saturated carbocycles. The fourth-order valence-electron chi connectivity index (χ4n) is 1.27. The van der Waals surface area contributed by atoms with E-state index in [0.29, 0.717) is 11.5 Å². The number of hydrogen-bond donors (Lipinski definition) is 1.